The molecule has 32 heavy (non-hydrogen) atoms. The van der Waals surface area contributed by atoms with Crippen LogP contribution >= 0.6 is 0 Å². The summed E-state index contributed by atoms with van der Waals surface area (Å²) in [6.45, 7) is 4.91. The first-order chi connectivity index (χ1) is 15.4. The molecule has 2 aromatic carbocycles. The van der Waals surface area contributed by atoms with Crippen LogP contribution in [-0.4, -0.2) is 44.8 Å². The fraction of sp³-hybridized carbons (Fsp3) is 0.480. The van der Waals surface area contributed by atoms with Crippen LogP contribution in [0.4, 0.5) is 11.4 Å². The highest BCUT2D eigenvalue weighted by atomic mass is 32.2. The normalized spacial score (nSPS) is 18.2. The number of piperidine rings is 1. The number of amides is 1. The number of sulfonamides is 1. The SMILES string of the molecule is Cc1ccc(C(=O)Nc2cc(S(=O)(=O)N3CCCCC3)ccc2N2CCCCCC2)cc1. The van der Waals surface area contributed by atoms with E-state index in [0.717, 1.165) is 56.4 Å². The highest BCUT2D eigenvalue weighted by Gasteiger charge is 2.27. The van der Waals surface area contributed by atoms with Crippen LogP contribution in [0.1, 0.15) is 60.9 Å². The Balaban J connectivity index is 1.68. The second kappa shape index (κ2) is 10.0. The zero-order valence-corrected chi connectivity index (χ0v) is 19.7. The van der Waals surface area contributed by atoms with Crippen molar-refractivity contribution in [3.63, 3.8) is 0 Å². The predicted octanol–water partition coefficient (Wildman–Crippen LogP) is 4.80. The smallest absolute Gasteiger partial charge is 0.255 e. The number of nitrogens with one attached hydrogen (secondary N) is 1. The molecular weight excluding hydrogens is 422 g/mol. The van der Waals surface area contributed by atoms with Crippen molar-refractivity contribution < 1.29 is 13.2 Å². The van der Waals surface area contributed by atoms with E-state index in [9.17, 15) is 13.2 Å². The molecule has 0 bridgehead atoms. The summed E-state index contributed by atoms with van der Waals surface area (Å²) in [6, 6.07) is 12.6. The summed E-state index contributed by atoms with van der Waals surface area (Å²) < 4.78 is 28.1. The minimum atomic E-state index is -3.58. The molecule has 7 heteroatoms. The molecule has 2 saturated heterocycles. The van der Waals surface area contributed by atoms with Crippen LogP contribution in [0, 0.1) is 6.92 Å². The first kappa shape index (κ1) is 22.8. The molecule has 6 nitrogen and oxygen atoms in total. The molecule has 0 aliphatic carbocycles. The van der Waals surface area contributed by atoms with E-state index in [4.69, 9.17) is 0 Å². The van der Waals surface area contributed by atoms with Gasteiger partial charge in [-0.3, -0.25) is 4.79 Å². The van der Waals surface area contributed by atoms with Crippen LogP contribution in [0.5, 0.6) is 0 Å². The van der Waals surface area contributed by atoms with E-state index in [1.807, 2.05) is 25.1 Å². The van der Waals surface area contributed by atoms with Gasteiger partial charge in [-0.25, -0.2) is 8.42 Å². The van der Waals surface area contributed by atoms with E-state index in [1.165, 1.54) is 12.8 Å². The average molecular weight is 456 g/mol. The largest absolute Gasteiger partial charge is 0.370 e. The Hall–Kier alpha value is -2.38. The van der Waals surface area contributed by atoms with Gasteiger partial charge in [0.05, 0.1) is 16.3 Å². The minimum absolute atomic E-state index is 0.228. The van der Waals surface area contributed by atoms with Gasteiger partial charge in [-0.05, 0) is 62.9 Å². The summed E-state index contributed by atoms with van der Waals surface area (Å²) in [7, 11) is -3.58. The Morgan fingerprint density at radius 3 is 2.06 bits per heavy atom. The third-order valence-electron chi connectivity index (χ3n) is 6.43. The summed E-state index contributed by atoms with van der Waals surface area (Å²) in [6.07, 6.45) is 7.44. The van der Waals surface area contributed by atoms with Gasteiger partial charge in [0.25, 0.3) is 5.91 Å². The molecule has 0 aromatic heterocycles. The molecular formula is C25H33N3O3S. The van der Waals surface area contributed by atoms with Gasteiger partial charge in [-0.2, -0.15) is 4.31 Å². The van der Waals surface area contributed by atoms with Gasteiger partial charge < -0.3 is 10.2 Å². The quantitative estimate of drug-likeness (QED) is 0.703. The molecule has 0 atom stereocenters. The Labute approximate surface area is 191 Å². The Kier molecular flexibility index (Phi) is 7.16. The standard InChI is InChI=1S/C25H33N3O3S/c1-20-9-11-21(12-10-20)25(29)26-23-19-22(32(30,31)28-17-7-4-8-18-28)13-14-24(23)27-15-5-2-3-6-16-27/h9-14,19H,2-8,15-18H2,1H3,(H,26,29). The molecule has 2 aliphatic heterocycles. The summed E-state index contributed by atoms with van der Waals surface area (Å²) in [4.78, 5) is 15.5. The third kappa shape index (κ3) is 5.15. The Morgan fingerprint density at radius 1 is 0.812 bits per heavy atom. The first-order valence-electron chi connectivity index (χ1n) is 11.7. The number of hydrogen-bond donors (Lipinski definition) is 1. The number of anilines is 2. The van der Waals surface area contributed by atoms with E-state index in [1.54, 1.807) is 28.6 Å². The zero-order chi connectivity index (χ0) is 22.6. The predicted molar refractivity (Wildman–Crippen MR) is 129 cm³/mol. The van der Waals surface area contributed by atoms with Crippen molar-refractivity contribution >= 4 is 27.3 Å². The molecule has 2 aliphatic rings. The van der Waals surface area contributed by atoms with Gasteiger partial charge in [-0.15, -0.1) is 0 Å². The number of aryl methyl sites for hydroxylation is 1. The van der Waals surface area contributed by atoms with Gasteiger partial charge in [0, 0.05) is 31.7 Å². The number of carbonyl (C=O) groups excluding carboxylic acids is 1. The maximum Gasteiger partial charge on any atom is 0.255 e. The van der Waals surface area contributed by atoms with Crippen molar-refractivity contribution in [1.82, 2.24) is 4.31 Å². The van der Waals surface area contributed by atoms with Crippen LogP contribution in [0.2, 0.25) is 0 Å². The Bertz CT molecular complexity index is 1040. The monoisotopic (exact) mass is 455 g/mol. The average Bonchev–Trinajstić information content (AvgIpc) is 3.09. The van der Waals surface area contributed by atoms with Crippen molar-refractivity contribution in [2.75, 3.05) is 36.4 Å². The highest BCUT2D eigenvalue weighted by molar-refractivity contribution is 7.89. The van der Waals surface area contributed by atoms with Crippen molar-refractivity contribution in [2.24, 2.45) is 0 Å². The summed E-state index contributed by atoms with van der Waals surface area (Å²) in [5, 5.41) is 3.02. The van der Waals surface area contributed by atoms with Crippen molar-refractivity contribution in [1.29, 1.82) is 0 Å². The lowest BCUT2D eigenvalue weighted by atomic mass is 10.1. The second-order valence-corrected chi connectivity index (χ2v) is 10.8. The molecule has 2 aromatic rings. The molecule has 2 heterocycles. The van der Waals surface area contributed by atoms with Crippen LogP contribution in [0.3, 0.4) is 0 Å². The molecule has 1 N–H and O–H groups in total. The zero-order valence-electron chi connectivity index (χ0n) is 18.8. The maximum absolute atomic E-state index is 13.3. The lowest BCUT2D eigenvalue weighted by molar-refractivity contribution is 0.102. The van der Waals surface area contributed by atoms with E-state index < -0.39 is 10.0 Å². The molecule has 0 unspecified atom stereocenters. The van der Waals surface area contributed by atoms with Gasteiger partial charge in [0.1, 0.15) is 0 Å². The number of rotatable bonds is 5. The topological polar surface area (TPSA) is 69.7 Å². The molecule has 1 amide bonds. The van der Waals surface area contributed by atoms with Gasteiger partial charge >= 0.3 is 0 Å². The minimum Gasteiger partial charge on any atom is -0.370 e. The highest BCUT2D eigenvalue weighted by Crippen LogP contribution is 2.33. The fourth-order valence-corrected chi connectivity index (χ4v) is 6.06. The van der Waals surface area contributed by atoms with Gasteiger partial charge in [0.2, 0.25) is 10.0 Å². The number of carbonyl (C=O) groups is 1. The number of hydrogen-bond acceptors (Lipinski definition) is 4. The third-order valence-corrected chi connectivity index (χ3v) is 8.32. The van der Waals surface area contributed by atoms with E-state index in [0.29, 0.717) is 24.3 Å². The molecule has 0 saturated carbocycles. The van der Waals surface area contributed by atoms with Crippen LogP contribution in [0.15, 0.2) is 47.4 Å². The lowest BCUT2D eigenvalue weighted by Crippen LogP contribution is -2.35. The molecule has 172 valence electrons. The molecule has 4 rings (SSSR count). The van der Waals surface area contributed by atoms with Crippen LogP contribution in [-0.2, 0) is 10.0 Å². The fourth-order valence-electron chi connectivity index (χ4n) is 4.52. The second-order valence-electron chi connectivity index (χ2n) is 8.87. The summed E-state index contributed by atoms with van der Waals surface area (Å²) in [5.74, 6) is -0.228. The van der Waals surface area contributed by atoms with Crippen molar-refractivity contribution in [2.45, 2.75) is 56.8 Å². The number of nitrogens with zero attached hydrogens (tertiary/aromatic N) is 2. The maximum atomic E-state index is 13.3. The van der Waals surface area contributed by atoms with E-state index >= 15 is 0 Å². The molecule has 0 spiro atoms. The number of benzene rings is 2. The Morgan fingerprint density at radius 2 is 1.41 bits per heavy atom. The van der Waals surface area contributed by atoms with E-state index in [2.05, 4.69) is 10.2 Å². The van der Waals surface area contributed by atoms with Crippen LogP contribution in [0.25, 0.3) is 0 Å². The molecule has 2 fully saturated rings. The lowest BCUT2D eigenvalue weighted by Gasteiger charge is -2.28. The summed E-state index contributed by atoms with van der Waals surface area (Å²) >= 11 is 0. The first-order valence-corrected chi connectivity index (χ1v) is 13.2. The summed E-state index contributed by atoms with van der Waals surface area (Å²) in [5.41, 5.74) is 3.10. The van der Waals surface area contributed by atoms with E-state index in [-0.39, 0.29) is 10.8 Å². The van der Waals surface area contributed by atoms with Crippen molar-refractivity contribution in [3.05, 3.63) is 53.6 Å². The molecule has 0 radical (unpaired) electrons. The van der Waals surface area contributed by atoms with Crippen molar-refractivity contribution in [3.8, 4) is 0 Å². The van der Waals surface area contributed by atoms with Gasteiger partial charge in [-0.1, -0.05) is 37.0 Å². The van der Waals surface area contributed by atoms with Gasteiger partial charge in [0.15, 0.2) is 0 Å². The van der Waals surface area contributed by atoms with Crippen LogP contribution < -0.4 is 10.2 Å².